The zero-order valence-corrected chi connectivity index (χ0v) is 11.7. The number of aromatic carboxylic acids is 2. The van der Waals surface area contributed by atoms with Crippen molar-refractivity contribution >= 4 is 39.3 Å². The fourth-order valence-corrected chi connectivity index (χ4v) is 3.26. The first-order chi connectivity index (χ1) is 11.0. The molecule has 1 aromatic carbocycles. The number of hydrogen-bond donors (Lipinski definition) is 2. The molecule has 23 heavy (non-hydrogen) atoms. The van der Waals surface area contributed by atoms with Crippen molar-refractivity contribution in [2.45, 2.75) is 0 Å². The third-order valence-corrected chi connectivity index (χ3v) is 4.11. The third kappa shape index (κ3) is 1.52. The van der Waals surface area contributed by atoms with Crippen LogP contribution in [-0.4, -0.2) is 26.6 Å². The Kier molecular flexibility index (Phi) is 2.43. The number of benzene rings is 1. The highest BCUT2D eigenvalue weighted by Gasteiger charge is 2.26. The van der Waals surface area contributed by atoms with Crippen LogP contribution in [0.4, 0.5) is 0 Å². The van der Waals surface area contributed by atoms with Gasteiger partial charge in [-0.25, -0.2) is 9.59 Å². The molecule has 0 saturated carbocycles. The maximum absolute atomic E-state index is 11.7. The van der Waals surface area contributed by atoms with Crippen molar-refractivity contribution in [1.29, 1.82) is 0 Å². The molecule has 4 aromatic rings. The van der Waals surface area contributed by atoms with Crippen LogP contribution in [0.2, 0.25) is 0 Å². The topological polar surface area (TPSA) is 79.0 Å². The van der Waals surface area contributed by atoms with Gasteiger partial charge in [0.2, 0.25) is 0 Å². The van der Waals surface area contributed by atoms with E-state index in [9.17, 15) is 19.8 Å². The fourth-order valence-electron chi connectivity index (χ4n) is 3.26. The van der Waals surface area contributed by atoms with E-state index in [1.54, 1.807) is 34.7 Å². The summed E-state index contributed by atoms with van der Waals surface area (Å²) in [5, 5.41) is 20.2. The van der Waals surface area contributed by atoms with Gasteiger partial charge in [0.15, 0.2) is 0 Å². The van der Waals surface area contributed by atoms with E-state index in [1.165, 1.54) is 0 Å². The molecule has 0 amide bonds. The van der Waals surface area contributed by atoms with Crippen molar-refractivity contribution in [3.8, 4) is 12.3 Å². The smallest absolute Gasteiger partial charge is 0.338 e. The van der Waals surface area contributed by atoms with E-state index < -0.39 is 11.9 Å². The summed E-state index contributed by atoms with van der Waals surface area (Å²) in [4.78, 5) is 23.4. The number of nitrogens with zero attached hydrogens (tertiary/aromatic N) is 1. The van der Waals surface area contributed by atoms with Crippen molar-refractivity contribution in [3.05, 3.63) is 53.1 Å². The van der Waals surface area contributed by atoms with Crippen LogP contribution >= 0.6 is 0 Å². The van der Waals surface area contributed by atoms with E-state index in [0.29, 0.717) is 22.0 Å². The number of carboxylic acids is 2. The molecule has 0 unspecified atom stereocenters. The number of terminal acetylenes is 1. The molecular formula is C18H9NO4. The van der Waals surface area contributed by atoms with Gasteiger partial charge in [-0.15, -0.1) is 6.42 Å². The van der Waals surface area contributed by atoms with Crippen LogP contribution in [0.1, 0.15) is 26.3 Å². The molecule has 0 bridgehead atoms. The molecule has 5 heteroatoms. The highest BCUT2D eigenvalue weighted by molar-refractivity contribution is 6.19. The van der Waals surface area contributed by atoms with E-state index >= 15 is 0 Å². The van der Waals surface area contributed by atoms with E-state index in [4.69, 9.17) is 6.42 Å². The van der Waals surface area contributed by atoms with Gasteiger partial charge in [0, 0.05) is 21.9 Å². The molecule has 3 aromatic heterocycles. The lowest BCUT2D eigenvalue weighted by molar-refractivity contribution is 0.0654. The molecule has 0 atom stereocenters. The van der Waals surface area contributed by atoms with Gasteiger partial charge < -0.3 is 14.6 Å². The van der Waals surface area contributed by atoms with Crippen LogP contribution in [0, 0.1) is 12.3 Å². The molecule has 3 heterocycles. The molecule has 0 fully saturated rings. The van der Waals surface area contributed by atoms with Crippen LogP contribution < -0.4 is 0 Å². The van der Waals surface area contributed by atoms with Crippen LogP contribution in [0.25, 0.3) is 27.3 Å². The van der Waals surface area contributed by atoms with E-state index in [2.05, 4.69) is 5.92 Å². The molecule has 110 valence electrons. The zero-order chi connectivity index (χ0) is 16.3. The highest BCUT2D eigenvalue weighted by atomic mass is 16.4. The second kappa shape index (κ2) is 4.24. The van der Waals surface area contributed by atoms with Gasteiger partial charge in [-0.05, 0) is 18.2 Å². The molecule has 4 rings (SSSR count). The molecule has 5 nitrogen and oxygen atoms in total. The summed E-state index contributed by atoms with van der Waals surface area (Å²) in [5.74, 6) is 0.0591. The second-order valence-corrected chi connectivity index (χ2v) is 5.24. The summed E-state index contributed by atoms with van der Waals surface area (Å²) in [7, 11) is 0. The van der Waals surface area contributed by atoms with Crippen LogP contribution in [0.15, 0.2) is 36.4 Å². The van der Waals surface area contributed by atoms with Crippen LogP contribution in [0.5, 0.6) is 0 Å². The normalized spacial score (nSPS) is 11.3. The summed E-state index contributed by atoms with van der Waals surface area (Å²) in [5.41, 5.74) is 1.91. The molecule has 2 N–H and O–H groups in total. The van der Waals surface area contributed by atoms with Crippen molar-refractivity contribution in [2.75, 3.05) is 0 Å². The summed E-state index contributed by atoms with van der Waals surface area (Å²) >= 11 is 0. The standard InChI is InChI=1S/C18H9NO4/c1-2-9-8-10-6-7-13-15(18(22)23)14(17(20)21)12-5-3-4-11(9)16(12)19(10)13/h1,3-8H,(H,20,21)(H,22,23). The number of rotatable bonds is 2. The minimum Gasteiger partial charge on any atom is -0.478 e. The van der Waals surface area contributed by atoms with Gasteiger partial charge in [-0.1, -0.05) is 24.1 Å². The van der Waals surface area contributed by atoms with E-state index in [0.717, 1.165) is 10.9 Å². The lowest BCUT2D eigenvalue weighted by atomic mass is 9.97. The van der Waals surface area contributed by atoms with Gasteiger partial charge in [-0.2, -0.15) is 0 Å². The number of pyridine rings is 2. The van der Waals surface area contributed by atoms with Crippen molar-refractivity contribution in [2.24, 2.45) is 0 Å². The van der Waals surface area contributed by atoms with Crippen molar-refractivity contribution in [3.63, 3.8) is 0 Å². The first kappa shape index (κ1) is 13.2. The van der Waals surface area contributed by atoms with Crippen molar-refractivity contribution in [1.82, 2.24) is 4.40 Å². The summed E-state index contributed by atoms with van der Waals surface area (Å²) in [6, 6.07) is 10.2. The molecular weight excluding hydrogens is 294 g/mol. The molecule has 0 aliphatic carbocycles. The molecule has 0 aliphatic heterocycles. The van der Waals surface area contributed by atoms with Crippen LogP contribution in [0.3, 0.4) is 0 Å². The van der Waals surface area contributed by atoms with Gasteiger partial charge in [0.25, 0.3) is 0 Å². The first-order valence-electron chi connectivity index (χ1n) is 6.80. The third-order valence-electron chi connectivity index (χ3n) is 4.11. The second-order valence-electron chi connectivity index (χ2n) is 5.24. The Balaban J connectivity index is 2.46. The summed E-state index contributed by atoms with van der Waals surface area (Å²) in [6.45, 7) is 0. The van der Waals surface area contributed by atoms with Gasteiger partial charge in [0.05, 0.1) is 22.2 Å². The fraction of sp³-hybridized carbons (Fsp3) is 0. The summed E-state index contributed by atoms with van der Waals surface area (Å²) < 4.78 is 1.75. The lowest BCUT2D eigenvalue weighted by Gasteiger charge is -2.15. The number of hydrogen-bond acceptors (Lipinski definition) is 2. The van der Waals surface area contributed by atoms with Crippen molar-refractivity contribution < 1.29 is 19.8 Å². The summed E-state index contributed by atoms with van der Waals surface area (Å²) in [6.07, 6.45) is 5.57. The van der Waals surface area contributed by atoms with Gasteiger partial charge in [-0.3, -0.25) is 0 Å². The Hall–Kier alpha value is -3.52. The Morgan fingerprint density at radius 2 is 1.70 bits per heavy atom. The molecule has 0 radical (unpaired) electrons. The average Bonchev–Trinajstić information content (AvgIpc) is 2.95. The Labute approximate surface area is 129 Å². The predicted molar refractivity (Wildman–Crippen MR) is 85.4 cm³/mol. The van der Waals surface area contributed by atoms with Gasteiger partial charge in [0.1, 0.15) is 0 Å². The number of carbonyl (C=O) groups is 2. The minimum atomic E-state index is -1.28. The highest BCUT2D eigenvalue weighted by Crippen LogP contribution is 2.35. The molecule has 0 saturated heterocycles. The maximum Gasteiger partial charge on any atom is 0.338 e. The van der Waals surface area contributed by atoms with Crippen LogP contribution in [-0.2, 0) is 0 Å². The minimum absolute atomic E-state index is 0.217. The maximum atomic E-state index is 11.7. The number of aromatic nitrogens is 1. The number of carboxylic acid groups (broad SMARTS) is 2. The van der Waals surface area contributed by atoms with E-state index in [-0.39, 0.29) is 11.1 Å². The van der Waals surface area contributed by atoms with E-state index in [1.807, 2.05) is 6.07 Å². The quantitative estimate of drug-likeness (QED) is 0.558. The number of para-hydroxylation sites is 1. The molecule has 0 spiro atoms. The Morgan fingerprint density at radius 1 is 1.00 bits per heavy atom. The first-order valence-corrected chi connectivity index (χ1v) is 6.80. The average molecular weight is 303 g/mol. The zero-order valence-electron chi connectivity index (χ0n) is 11.7. The van der Waals surface area contributed by atoms with Gasteiger partial charge >= 0.3 is 11.9 Å². The predicted octanol–water partition coefficient (Wildman–Crippen LogP) is 3.06. The lowest BCUT2D eigenvalue weighted by Crippen LogP contribution is -2.12. The monoisotopic (exact) mass is 303 g/mol. The largest absolute Gasteiger partial charge is 0.478 e. The Bertz CT molecular complexity index is 1180. The SMILES string of the molecule is C#Cc1cc2ccc3c(C(=O)O)c(C(=O)O)c4cccc1c4n23. The molecule has 0 aliphatic rings. The Morgan fingerprint density at radius 3 is 2.35 bits per heavy atom.